The van der Waals surface area contributed by atoms with Gasteiger partial charge in [0, 0.05) is 19.4 Å². The van der Waals surface area contributed by atoms with Crippen LogP contribution in [0.15, 0.2) is 29.8 Å². The Balaban J connectivity index is 1.63. The number of β-amino-alcohol motifs (C(OH)–C–C–N with tert-alkyl or cyclic N) is 1. The van der Waals surface area contributed by atoms with E-state index in [1.54, 1.807) is 11.3 Å². The Morgan fingerprint density at radius 2 is 1.76 bits per heavy atom. The van der Waals surface area contributed by atoms with E-state index in [1.807, 2.05) is 64.4 Å². The number of nitrogens with one attached hydrogen (secondary N) is 2. The van der Waals surface area contributed by atoms with Crippen LogP contribution in [0.25, 0.3) is 10.4 Å². The standard InChI is InChI=1S/C31H47N5O4S/c1-20(22-12-14-23(15-13-22)27-21(2)33-19-41-27)34-29(39)25-17-24(37)18-36(25)30(40)28(31(3,4)5)35-26(38)11-9-7-6-8-10-16-32/h12-15,19-20,24-25,28,37H,6-11,16-18,32H2,1-5H3,(H,34,39)(H,35,38)/t20-,24+,25-,28?/m0/s1. The Morgan fingerprint density at radius 3 is 2.37 bits per heavy atom. The van der Waals surface area contributed by atoms with Crippen LogP contribution in [0, 0.1) is 12.3 Å². The fourth-order valence-electron chi connectivity index (χ4n) is 5.21. The predicted octanol–water partition coefficient (Wildman–Crippen LogP) is 4.09. The van der Waals surface area contributed by atoms with Crippen molar-refractivity contribution < 1.29 is 19.5 Å². The van der Waals surface area contributed by atoms with E-state index in [2.05, 4.69) is 15.6 Å². The van der Waals surface area contributed by atoms with Crippen molar-refractivity contribution in [2.45, 2.75) is 104 Å². The number of rotatable bonds is 13. The summed E-state index contributed by atoms with van der Waals surface area (Å²) in [6.45, 7) is 10.3. The van der Waals surface area contributed by atoms with Gasteiger partial charge >= 0.3 is 0 Å². The van der Waals surface area contributed by atoms with Crippen molar-refractivity contribution in [2.75, 3.05) is 13.1 Å². The second-order valence-electron chi connectivity index (χ2n) is 12.2. The Labute approximate surface area is 248 Å². The number of aromatic nitrogens is 1. The van der Waals surface area contributed by atoms with Crippen LogP contribution >= 0.6 is 11.3 Å². The zero-order valence-electron chi connectivity index (χ0n) is 25.1. The monoisotopic (exact) mass is 585 g/mol. The van der Waals surface area contributed by atoms with E-state index in [9.17, 15) is 19.5 Å². The second kappa shape index (κ2) is 14.9. The third-order valence-corrected chi connectivity index (χ3v) is 8.65. The van der Waals surface area contributed by atoms with Crippen molar-refractivity contribution in [3.63, 3.8) is 0 Å². The number of aliphatic hydroxyl groups is 1. The summed E-state index contributed by atoms with van der Waals surface area (Å²) in [6.07, 6.45) is 4.45. The van der Waals surface area contributed by atoms with Crippen LogP contribution in [-0.4, -0.2) is 64.0 Å². The fourth-order valence-corrected chi connectivity index (χ4v) is 6.02. The van der Waals surface area contributed by atoms with E-state index < -0.39 is 23.6 Å². The lowest BCUT2D eigenvalue weighted by atomic mass is 9.85. The lowest BCUT2D eigenvalue weighted by Gasteiger charge is -2.35. The Bertz CT molecular complexity index is 1160. The summed E-state index contributed by atoms with van der Waals surface area (Å²) in [4.78, 5) is 46.8. The van der Waals surface area contributed by atoms with Gasteiger partial charge in [-0.25, -0.2) is 4.98 Å². The normalized spacial score (nSPS) is 18.7. The van der Waals surface area contributed by atoms with Gasteiger partial charge < -0.3 is 26.4 Å². The molecule has 1 aromatic heterocycles. The molecule has 226 valence electrons. The molecule has 1 aromatic carbocycles. The van der Waals surface area contributed by atoms with Crippen LogP contribution in [-0.2, 0) is 14.4 Å². The van der Waals surface area contributed by atoms with Gasteiger partial charge in [0.15, 0.2) is 0 Å². The first-order valence-electron chi connectivity index (χ1n) is 14.7. The molecule has 0 bridgehead atoms. The topological polar surface area (TPSA) is 138 Å². The highest BCUT2D eigenvalue weighted by molar-refractivity contribution is 7.13. The number of hydrogen-bond donors (Lipinski definition) is 4. The number of carbonyl (C=O) groups is 3. The molecule has 10 heteroatoms. The molecule has 0 radical (unpaired) electrons. The maximum atomic E-state index is 13.8. The first-order valence-corrected chi connectivity index (χ1v) is 15.6. The van der Waals surface area contributed by atoms with Crippen LogP contribution in [0.5, 0.6) is 0 Å². The summed E-state index contributed by atoms with van der Waals surface area (Å²) in [7, 11) is 0. The summed E-state index contributed by atoms with van der Waals surface area (Å²) in [5.41, 5.74) is 9.78. The van der Waals surface area contributed by atoms with Gasteiger partial charge in [-0.1, -0.05) is 64.3 Å². The maximum absolute atomic E-state index is 13.8. The molecule has 0 aliphatic carbocycles. The highest BCUT2D eigenvalue weighted by Crippen LogP contribution is 2.29. The number of amides is 3. The smallest absolute Gasteiger partial charge is 0.246 e. The van der Waals surface area contributed by atoms with Gasteiger partial charge in [0.25, 0.3) is 0 Å². The zero-order chi connectivity index (χ0) is 30.2. The summed E-state index contributed by atoms with van der Waals surface area (Å²) < 4.78 is 0. The average Bonchev–Trinajstić information content (AvgIpc) is 3.53. The van der Waals surface area contributed by atoms with Crippen LogP contribution in [0.4, 0.5) is 0 Å². The molecule has 1 fully saturated rings. The molecular formula is C31H47N5O4S. The van der Waals surface area contributed by atoms with Crippen molar-refractivity contribution in [3.8, 4) is 10.4 Å². The molecule has 1 aliphatic rings. The third kappa shape index (κ3) is 9.08. The minimum Gasteiger partial charge on any atom is -0.391 e. The SMILES string of the molecule is Cc1ncsc1-c1ccc([C@H](C)NC(=O)[C@@H]2C[C@@H](O)CN2C(=O)C(NC(=O)CCCCCCCN)C(C)(C)C)cc1. The largest absolute Gasteiger partial charge is 0.391 e. The molecule has 41 heavy (non-hydrogen) atoms. The van der Waals surface area contributed by atoms with Crippen LogP contribution in [0.2, 0.25) is 0 Å². The lowest BCUT2D eigenvalue weighted by Crippen LogP contribution is -2.57. The van der Waals surface area contributed by atoms with Crippen molar-refractivity contribution >= 4 is 29.1 Å². The van der Waals surface area contributed by atoms with Crippen molar-refractivity contribution in [2.24, 2.45) is 11.1 Å². The van der Waals surface area contributed by atoms with Gasteiger partial charge in [-0.2, -0.15) is 0 Å². The first kappa shape index (κ1) is 32.7. The van der Waals surface area contributed by atoms with E-state index in [4.69, 9.17) is 5.73 Å². The molecule has 1 saturated heterocycles. The summed E-state index contributed by atoms with van der Waals surface area (Å²) in [6, 6.07) is 6.08. The van der Waals surface area contributed by atoms with E-state index in [-0.39, 0.29) is 36.7 Å². The van der Waals surface area contributed by atoms with Gasteiger partial charge in [-0.15, -0.1) is 11.3 Å². The van der Waals surface area contributed by atoms with Crippen LogP contribution < -0.4 is 16.4 Å². The quantitative estimate of drug-likeness (QED) is 0.261. The number of nitrogens with two attached hydrogens (primary N) is 1. The number of unbranched alkanes of at least 4 members (excludes halogenated alkanes) is 4. The Kier molecular flexibility index (Phi) is 11.9. The molecule has 2 heterocycles. The third-order valence-electron chi connectivity index (χ3n) is 7.67. The number of likely N-dealkylation sites (tertiary alicyclic amines) is 1. The zero-order valence-corrected chi connectivity index (χ0v) is 25.9. The highest BCUT2D eigenvalue weighted by atomic mass is 32.1. The molecule has 4 atom stereocenters. The first-order chi connectivity index (χ1) is 19.4. The summed E-state index contributed by atoms with van der Waals surface area (Å²) in [5, 5.41) is 16.4. The van der Waals surface area contributed by atoms with Crippen molar-refractivity contribution in [1.82, 2.24) is 20.5 Å². The number of thiazole rings is 1. The van der Waals surface area contributed by atoms with E-state index in [1.165, 1.54) is 4.90 Å². The summed E-state index contributed by atoms with van der Waals surface area (Å²) in [5.74, 6) is -0.841. The van der Waals surface area contributed by atoms with Gasteiger partial charge in [-0.05, 0) is 49.8 Å². The van der Waals surface area contributed by atoms with Gasteiger partial charge in [-0.3, -0.25) is 14.4 Å². The Hall–Kier alpha value is -2.82. The van der Waals surface area contributed by atoms with Gasteiger partial charge in [0.05, 0.1) is 28.2 Å². The fraction of sp³-hybridized carbons (Fsp3) is 0.613. The van der Waals surface area contributed by atoms with Gasteiger partial charge in [0.2, 0.25) is 17.7 Å². The molecule has 1 aliphatic heterocycles. The average molecular weight is 586 g/mol. The molecule has 3 rings (SSSR count). The minimum absolute atomic E-state index is 0.0534. The molecule has 1 unspecified atom stereocenters. The minimum atomic E-state index is -0.816. The molecule has 5 N–H and O–H groups in total. The molecule has 3 amide bonds. The van der Waals surface area contributed by atoms with E-state index in [0.29, 0.717) is 13.0 Å². The van der Waals surface area contributed by atoms with E-state index in [0.717, 1.165) is 53.8 Å². The lowest BCUT2D eigenvalue weighted by molar-refractivity contribution is -0.144. The number of hydrogen-bond acceptors (Lipinski definition) is 7. The molecule has 9 nitrogen and oxygen atoms in total. The van der Waals surface area contributed by atoms with Crippen LogP contribution in [0.1, 0.15) is 89.9 Å². The van der Waals surface area contributed by atoms with Crippen molar-refractivity contribution in [3.05, 3.63) is 41.0 Å². The highest BCUT2D eigenvalue weighted by Gasteiger charge is 2.44. The number of benzene rings is 1. The summed E-state index contributed by atoms with van der Waals surface area (Å²) >= 11 is 1.59. The molecule has 0 saturated carbocycles. The predicted molar refractivity (Wildman–Crippen MR) is 163 cm³/mol. The van der Waals surface area contributed by atoms with Crippen LogP contribution in [0.3, 0.4) is 0 Å². The number of aryl methyl sites for hydroxylation is 1. The molecule has 2 aromatic rings. The Morgan fingerprint density at radius 1 is 1.10 bits per heavy atom. The van der Waals surface area contributed by atoms with Crippen molar-refractivity contribution in [1.29, 1.82) is 0 Å². The molecule has 0 spiro atoms. The number of nitrogens with zero attached hydrogens (tertiary/aromatic N) is 2. The molecular weight excluding hydrogens is 538 g/mol. The van der Waals surface area contributed by atoms with Gasteiger partial charge in [0.1, 0.15) is 12.1 Å². The maximum Gasteiger partial charge on any atom is 0.246 e. The van der Waals surface area contributed by atoms with E-state index >= 15 is 0 Å². The second-order valence-corrected chi connectivity index (χ2v) is 13.0. The number of carbonyl (C=O) groups excluding carboxylic acids is 3. The number of aliphatic hydroxyl groups excluding tert-OH is 1.